The maximum Gasteiger partial charge on any atom is 0.416 e. The Hall–Kier alpha value is -4.08. The van der Waals surface area contributed by atoms with E-state index in [1.54, 1.807) is 0 Å². The normalized spacial score (nSPS) is 14.7. The topological polar surface area (TPSA) is 113 Å². The van der Waals surface area contributed by atoms with Crippen LogP contribution in [0.3, 0.4) is 0 Å². The second kappa shape index (κ2) is 10.7. The van der Waals surface area contributed by atoms with Crippen molar-refractivity contribution in [1.29, 1.82) is 0 Å². The lowest BCUT2D eigenvalue weighted by Gasteiger charge is -2.33. The summed E-state index contributed by atoms with van der Waals surface area (Å²) in [5, 5.41) is 9.89. The molecular weight excluding hydrogens is 473 g/mol. The van der Waals surface area contributed by atoms with Crippen molar-refractivity contribution in [1.82, 2.24) is 30.0 Å². The fourth-order valence-electron chi connectivity index (χ4n) is 3.62. The zero-order valence-corrected chi connectivity index (χ0v) is 19.4. The molecular formula is C24H23F3N8O. The number of aromatic nitrogens is 4. The standard InChI is InChI=1S/C24H23F3N8O/c1-34-6-8-35(9-7-34)15-17-3-5-19(11-21(17)24(25,26)27)31-22(36)18-10-16(12-29-13-18)2-4-20-14-30-23(28)33-32-20/h3,5,10-14H,6-9,15H2,1H3,(H,31,36)(H2,28,30,33). The number of amides is 1. The molecule has 0 unspecified atom stereocenters. The second-order valence-corrected chi connectivity index (χ2v) is 8.32. The van der Waals surface area contributed by atoms with Crippen molar-refractivity contribution in [2.75, 3.05) is 44.3 Å². The molecule has 0 saturated carbocycles. The highest BCUT2D eigenvalue weighted by atomic mass is 19.4. The van der Waals surface area contributed by atoms with Crippen molar-refractivity contribution < 1.29 is 18.0 Å². The van der Waals surface area contributed by atoms with Crippen LogP contribution in [0.4, 0.5) is 24.8 Å². The van der Waals surface area contributed by atoms with Gasteiger partial charge in [0.1, 0.15) is 0 Å². The highest BCUT2D eigenvalue weighted by Gasteiger charge is 2.34. The monoisotopic (exact) mass is 496 g/mol. The second-order valence-electron chi connectivity index (χ2n) is 8.32. The van der Waals surface area contributed by atoms with E-state index in [9.17, 15) is 18.0 Å². The number of hydrogen-bond donors (Lipinski definition) is 2. The molecule has 9 nitrogen and oxygen atoms in total. The van der Waals surface area contributed by atoms with Crippen molar-refractivity contribution in [3.8, 4) is 11.8 Å². The van der Waals surface area contributed by atoms with E-state index >= 15 is 0 Å². The number of carbonyl (C=O) groups excluding carboxylic acids is 1. The van der Waals surface area contributed by atoms with Crippen LogP contribution in [0.15, 0.2) is 42.9 Å². The maximum atomic E-state index is 13.8. The van der Waals surface area contributed by atoms with Crippen molar-refractivity contribution in [2.24, 2.45) is 0 Å². The number of benzene rings is 1. The Morgan fingerprint density at radius 2 is 1.86 bits per heavy atom. The van der Waals surface area contributed by atoms with Crippen LogP contribution in [0.2, 0.25) is 0 Å². The van der Waals surface area contributed by atoms with E-state index in [-0.39, 0.29) is 35.0 Å². The first-order valence-electron chi connectivity index (χ1n) is 11.0. The number of rotatable bonds is 4. The molecule has 1 aromatic carbocycles. The molecule has 2 aromatic heterocycles. The molecule has 0 aliphatic carbocycles. The lowest BCUT2D eigenvalue weighted by Crippen LogP contribution is -2.44. The minimum absolute atomic E-state index is 0.0157. The molecule has 12 heteroatoms. The minimum Gasteiger partial charge on any atom is -0.366 e. The number of nitrogens with one attached hydrogen (secondary N) is 1. The van der Waals surface area contributed by atoms with Gasteiger partial charge in [0.05, 0.1) is 17.3 Å². The first kappa shape index (κ1) is 25.0. The zero-order valence-electron chi connectivity index (χ0n) is 19.4. The summed E-state index contributed by atoms with van der Waals surface area (Å²) in [6, 6.07) is 5.33. The van der Waals surface area contributed by atoms with Gasteiger partial charge in [0.2, 0.25) is 5.95 Å². The van der Waals surface area contributed by atoms with Gasteiger partial charge in [-0.25, -0.2) is 4.98 Å². The van der Waals surface area contributed by atoms with Crippen LogP contribution in [0, 0.1) is 11.8 Å². The first-order chi connectivity index (χ1) is 17.2. The average Bonchev–Trinajstić information content (AvgIpc) is 2.85. The van der Waals surface area contributed by atoms with Crippen LogP contribution in [0.5, 0.6) is 0 Å². The molecule has 0 radical (unpaired) electrons. The Balaban J connectivity index is 1.49. The predicted molar refractivity (Wildman–Crippen MR) is 127 cm³/mol. The molecule has 186 valence electrons. The van der Waals surface area contributed by atoms with E-state index in [1.165, 1.54) is 36.8 Å². The summed E-state index contributed by atoms with van der Waals surface area (Å²) in [5.74, 6) is 4.91. The summed E-state index contributed by atoms with van der Waals surface area (Å²) >= 11 is 0. The molecule has 3 N–H and O–H groups in total. The number of pyridine rings is 1. The van der Waals surface area contributed by atoms with Crippen molar-refractivity contribution in [3.05, 3.63) is 70.8 Å². The molecule has 3 aromatic rings. The maximum absolute atomic E-state index is 13.8. The number of alkyl halides is 3. The van der Waals surface area contributed by atoms with Gasteiger partial charge in [-0.05, 0) is 36.7 Å². The third kappa shape index (κ3) is 6.53. The highest BCUT2D eigenvalue weighted by Crippen LogP contribution is 2.34. The lowest BCUT2D eigenvalue weighted by atomic mass is 10.0. The average molecular weight is 496 g/mol. The Morgan fingerprint density at radius 3 is 2.56 bits per heavy atom. The summed E-state index contributed by atoms with van der Waals surface area (Å²) in [4.78, 5) is 24.6. The summed E-state index contributed by atoms with van der Waals surface area (Å²) in [6.45, 7) is 3.18. The number of nitrogens with two attached hydrogens (primary N) is 1. The smallest absolute Gasteiger partial charge is 0.366 e. The molecule has 3 heterocycles. The summed E-state index contributed by atoms with van der Waals surface area (Å²) in [5.41, 5.74) is 5.64. The predicted octanol–water partition coefficient (Wildman–Crippen LogP) is 2.27. The fourth-order valence-corrected chi connectivity index (χ4v) is 3.62. The molecule has 36 heavy (non-hydrogen) atoms. The van der Waals surface area contributed by atoms with Crippen molar-refractivity contribution in [2.45, 2.75) is 12.7 Å². The van der Waals surface area contributed by atoms with E-state index in [0.717, 1.165) is 19.2 Å². The third-order valence-electron chi connectivity index (χ3n) is 5.58. The molecule has 0 spiro atoms. The van der Waals surface area contributed by atoms with E-state index < -0.39 is 17.6 Å². The Morgan fingerprint density at radius 1 is 1.08 bits per heavy atom. The number of piperazine rings is 1. The highest BCUT2D eigenvalue weighted by molar-refractivity contribution is 6.04. The third-order valence-corrected chi connectivity index (χ3v) is 5.58. The molecule has 4 rings (SSSR count). The molecule has 0 atom stereocenters. The van der Waals surface area contributed by atoms with Crippen LogP contribution < -0.4 is 11.1 Å². The fraction of sp³-hybridized carbons (Fsp3) is 0.292. The number of halogens is 3. The Bertz CT molecular complexity index is 1290. The summed E-state index contributed by atoms with van der Waals surface area (Å²) < 4.78 is 41.5. The van der Waals surface area contributed by atoms with E-state index in [1.807, 2.05) is 11.9 Å². The van der Waals surface area contributed by atoms with E-state index in [2.05, 4.69) is 42.2 Å². The molecule has 0 bridgehead atoms. The van der Waals surface area contributed by atoms with E-state index in [4.69, 9.17) is 5.73 Å². The molecule has 1 aliphatic rings. The van der Waals surface area contributed by atoms with Gasteiger partial charge in [0, 0.05) is 56.4 Å². The van der Waals surface area contributed by atoms with Crippen LogP contribution in [0.1, 0.15) is 32.7 Å². The number of hydrogen-bond acceptors (Lipinski definition) is 8. The van der Waals surface area contributed by atoms with Gasteiger partial charge in [-0.2, -0.15) is 13.2 Å². The first-order valence-corrected chi connectivity index (χ1v) is 11.0. The number of likely N-dealkylation sites (N-methyl/N-ethyl adjacent to an activating group) is 1. The van der Waals surface area contributed by atoms with E-state index in [0.29, 0.717) is 18.7 Å². The molecule has 1 amide bonds. The van der Waals surface area contributed by atoms with Gasteiger partial charge in [-0.15, -0.1) is 10.2 Å². The number of carbonyl (C=O) groups is 1. The van der Waals surface area contributed by atoms with Gasteiger partial charge in [0.25, 0.3) is 5.91 Å². The van der Waals surface area contributed by atoms with Gasteiger partial charge >= 0.3 is 6.18 Å². The quantitative estimate of drug-likeness (QED) is 0.529. The largest absolute Gasteiger partial charge is 0.416 e. The van der Waals surface area contributed by atoms with Crippen LogP contribution in [0.25, 0.3) is 0 Å². The van der Waals surface area contributed by atoms with Gasteiger partial charge in [-0.3, -0.25) is 14.7 Å². The minimum atomic E-state index is -4.56. The van der Waals surface area contributed by atoms with Crippen molar-refractivity contribution in [3.63, 3.8) is 0 Å². The Kier molecular flexibility index (Phi) is 7.42. The lowest BCUT2D eigenvalue weighted by molar-refractivity contribution is -0.138. The number of nitrogen functional groups attached to an aromatic ring is 1. The Labute approximate surface area is 205 Å². The number of nitrogens with zero attached hydrogens (tertiary/aromatic N) is 6. The molecule has 1 saturated heterocycles. The number of anilines is 2. The van der Waals surface area contributed by atoms with Gasteiger partial charge in [0.15, 0.2) is 5.69 Å². The zero-order chi connectivity index (χ0) is 25.7. The molecule has 1 aliphatic heterocycles. The van der Waals surface area contributed by atoms with Crippen LogP contribution in [-0.2, 0) is 12.7 Å². The van der Waals surface area contributed by atoms with Gasteiger partial charge in [-0.1, -0.05) is 12.0 Å². The van der Waals surface area contributed by atoms with Crippen LogP contribution >= 0.6 is 0 Å². The van der Waals surface area contributed by atoms with Gasteiger partial charge < -0.3 is 16.0 Å². The van der Waals surface area contributed by atoms with Crippen molar-refractivity contribution >= 4 is 17.5 Å². The van der Waals surface area contributed by atoms with Crippen LogP contribution in [-0.4, -0.2) is 69.1 Å². The molecule has 1 fully saturated rings. The summed E-state index contributed by atoms with van der Waals surface area (Å²) in [6.07, 6.45) is -0.459. The SMILES string of the molecule is CN1CCN(Cc2ccc(NC(=O)c3cncc(C#Cc4cnc(N)nn4)c3)cc2C(F)(F)F)CC1. The summed E-state index contributed by atoms with van der Waals surface area (Å²) in [7, 11) is 1.99.